The lowest BCUT2D eigenvalue weighted by Gasteiger charge is -2.08. The van der Waals surface area contributed by atoms with Gasteiger partial charge in [-0.25, -0.2) is 4.79 Å². The minimum atomic E-state index is -1.17. The molecule has 1 atom stereocenters. The summed E-state index contributed by atoms with van der Waals surface area (Å²) in [5, 5.41) is 18.2. The van der Waals surface area contributed by atoms with Crippen LogP contribution < -0.4 is 0 Å². The van der Waals surface area contributed by atoms with E-state index in [1.54, 1.807) is 7.11 Å². The number of rotatable bonds is 7. The maximum absolute atomic E-state index is 10.5. The smallest absolute Gasteiger partial charge is 0.371 e. The fraction of sp³-hybridized carbons (Fsp3) is 0.500. The lowest BCUT2D eigenvalue weighted by molar-refractivity contribution is 0.00409. The van der Waals surface area contributed by atoms with Gasteiger partial charge in [-0.3, -0.25) is 0 Å². The fourth-order valence-electron chi connectivity index (χ4n) is 1.07. The van der Waals surface area contributed by atoms with E-state index < -0.39 is 12.1 Å². The molecule has 0 radical (unpaired) electrons. The molecular weight excluding hydrogens is 216 g/mol. The van der Waals surface area contributed by atoms with Crippen LogP contribution in [0.15, 0.2) is 16.5 Å². The van der Waals surface area contributed by atoms with Crippen LogP contribution in [0.3, 0.4) is 0 Å². The minimum absolute atomic E-state index is 0.0376. The van der Waals surface area contributed by atoms with Crippen molar-refractivity contribution in [2.24, 2.45) is 0 Å². The van der Waals surface area contributed by atoms with Gasteiger partial charge in [0.15, 0.2) is 0 Å². The average molecular weight is 230 g/mol. The molecule has 2 N–H and O–H groups in total. The van der Waals surface area contributed by atoms with Crippen molar-refractivity contribution in [1.82, 2.24) is 0 Å². The molecule has 90 valence electrons. The predicted molar refractivity (Wildman–Crippen MR) is 53.3 cm³/mol. The Bertz CT molecular complexity index is 332. The molecule has 0 aliphatic carbocycles. The van der Waals surface area contributed by atoms with Crippen LogP contribution in [0, 0.1) is 0 Å². The molecule has 0 bridgehead atoms. The molecule has 0 saturated carbocycles. The number of hydrogen-bond donors (Lipinski definition) is 2. The summed E-state index contributed by atoms with van der Waals surface area (Å²) in [6.45, 7) is 0.835. The molecule has 6 nitrogen and oxygen atoms in total. The highest BCUT2D eigenvalue weighted by Gasteiger charge is 2.15. The third kappa shape index (κ3) is 3.65. The van der Waals surface area contributed by atoms with Gasteiger partial charge in [0.2, 0.25) is 5.76 Å². The molecule has 0 aliphatic rings. The molecule has 6 heteroatoms. The highest BCUT2D eigenvalue weighted by atomic mass is 16.5. The van der Waals surface area contributed by atoms with Crippen molar-refractivity contribution in [3.8, 4) is 0 Å². The number of carboxylic acids is 1. The number of hydrogen-bond acceptors (Lipinski definition) is 5. The van der Waals surface area contributed by atoms with Crippen molar-refractivity contribution in [3.63, 3.8) is 0 Å². The monoisotopic (exact) mass is 230 g/mol. The van der Waals surface area contributed by atoms with Gasteiger partial charge >= 0.3 is 5.97 Å². The normalized spacial score (nSPS) is 12.6. The molecule has 1 unspecified atom stereocenters. The van der Waals surface area contributed by atoms with Crippen molar-refractivity contribution in [2.75, 3.05) is 26.9 Å². The van der Waals surface area contributed by atoms with Gasteiger partial charge in [-0.2, -0.15) is 0 Å². The highest BCUT2D eigenvalue weighted by molar-refractivity contribution is 5.84. The summed E-state index contributed by atoms with van der Waals surface area (Å²) in [5.41, 5.74) is 0. The van der Waals surface area contributed by atoms with Gasteiger partial charge in [-0.05, 0) is 12.1 Å². The first-order valence-electron chi connectivity index (χ1n) is 4.73. The maximum Gasteiger partial charge on any atom is 0.371 e. The summed E-state index contributed by atoms with van der Waals surface area (Å²) in [6.07, 6.45) is -0.968. The van der Waals surface area contributed by atoms with Crippen LogP contribution in [0.5, 0.6) is 0 Å². The van der Waals surface area contributed by atoms with Gasteiger partial charge in [-0.15, -0.1) is 0 Å². The average Bonchev–Trinajstić information content (AvgIpc) is 2.73. The fourth-order valence-corrected chi connectivity index (χ4v) is 1.07. The zero-order valence-corrected chi connectivity index (χ0v) is 8.88. The lowest BCUT2D eigenvalue weighted by Crippen LogP contribution is -2.10. The molecule has 0 amide bonds. The molecule has 1 aromatic rings. The van der Waals surface area contributed by atoms with E-state index in [1.165, 1.54) is 12.1 Å². The number of carboxylic acid groups (broad SMARTS) is 1. The van der Waals surface area contributed by atoms with E-state index in [4.69, 9.17) is 19.0 Å². The van der Waals surface area contributed by atoms with Crippen LogP contribution in [-0.2, 0) is 9.47 Å². The molecule has 1 aromatic heterocycles. The van der Waals surface area contributed by atoms with Crippen molar-refractivity contribution >= 4 is 5.97 Å². The van der Waals surface area contributed by atoms with E-state index >= 15 is 0 Å². The number of methoxy groups -OCH3 is 1. The van der Waals surface area contributed by atoms with Crippen LogP contribution in [-0.4, -0.2) is 43.1 Å². The molecular formula is C10H14O6. The number of aromatic carboxylic acids is 1. The quantitative estimate of drug-likeness (QED) is 0.669. The Morgan fingerprint density at radius 2 is 2.25 bits per heavy atom. The maximum atomic E-state index is 10.5. The lowest BCUT2D eigenvalue weighted by atomic mass is 10.3. The predicted octanol–water partition coefficient (Wildman–Crippen LogP) is 0.674. The van der Waals surface area contributed by atoms with Crippen LogP contribution in [0.25, 0.3) is 0 Å². The number of aliphatic hydroxyl groups is 1. The van der Waals surface area contributed by atoms with Crippen molar-refractivity contribution < 1.29 is 28.9 Å². The van der Waals surface area contributed by atoms with Gasteiger partial charge in [0.25, 0.3) is 0 Å². The summed E-state index contributed by atoms with van der Waals surface area (Å²) in [4.78, 5) is 10.5. The van der Waals surface area contributed by atoms with Crippen molar-refractivity contribution in [3.05, 3.63) is 23.7 Å². The topological polar surface area (TPSA) is 89.1 Å². The zero-order chi connectivity index (χ0) is 12.0. The van der Waals surface area contributed by atoms with E-state index in [9.17, 15) is 9.90 Å². The summed E-state index contributed by atoms with van der Waals surface area (Å²) >= 11 is 0. The second kappa shape index (κ2) is 6.26. The Hall–Kier alpha value is -1.37. The van der Waals surface area contributed by atoms with Crippen LogP contribution in [0.1, 0.15) is 22.4 Å². The molecule has 0 spiro atoms. The summed E-state index contributed by atoms with van der Waals surface area (Å²) in [5.74, 6) is -1.19. The largest absolute Gasteiger partial charge is 0.475 e. The number of carbonyl (C=O) groups is 1. The first-order chi connectivity index (χ1) is 7.65. The van der Waals surface area contributed by atoms with Crippen molar-refractivity contribution in [2.45, 2.75) is 6.10 Å². The highest BCUT2D eigenvalue weighted by Crippen LogP contribution is 2.16. The van der Waals surface area contributed by atoms with Gasteiger partial charge in [0.05, 0.1) is 19.8 Å². The Morgan fingerprint density at radius 3 is 2.81 bits per heavy atom. The third-order valence-electron chi connectivity index (χ3n) is 1.87. The first-order valence-corrected chi connectivity index (χ1v) is 4.73. The number of aliphatic hydroxyl groups excluding tert-OH is 1. The van der Waals surface area contributed by atoms with E-state index in [1.807, 2.05) is 0 Å². The minimum Gasteiger partial charge on any atom is -0.475 e. The Labute approximate surface area is 92.4 Å². The van der Waals surface area contributed by atoms with Gasteiger partial charge in [-0.1, -0.05) is 0 Å². The third-order valence-corrected chi connectivity index (χ3v) is 1.87. The van der Waals surface area contributed by atoms with E-state index in [2.05, 4.69) is 0 Å². The molecule has 0 aliphatic heterocycles. The standard InChI is InChI=1S/C10H14O6/c1-14-4-5-15-6-7(11)8-2-3-9(16-8)10(12)13/h2-3,7,11H,4-6H2,1H3,(H,12,13). The second-order valence-corrected chi connectivity index (χ2v) is 3.09. The molecule has 16 heavy (non-hydrogen) atoms. The molecule has 0 saturated heterocycles. The molecule has 0 aromatic carbocycles. The summed E-state index contributed by atoms with van der Waals surface area (Å²) < 4.78 is 14.7. The summed E-state index contributed by atoms with van der Waals surface area (Å²) in [7, 11) is 1.55. The van der Waals surface area contributed by atoms with E-state index in [-0.39, 0.29) is 18.1 Å². The van der Waals surface area contributed by atoms with Crippen molar-refractivity contribution in [1.29, 1.82) is 0 Å². The van der Waals surface area contributed by atoms with Gasteiger partial charge < -0.3 is 24.1 Å². The first kappa shape index (κ1) is 12.7. The van der Waals surface area contributed by atoms with Crippen LogP contribution in [0.4, 0.5) is 0 Å². The summed E-state index contributed by atoms with van der Waals surface area (Å²) in [6, 6.07) is 2.70. The second-order valence-electron chi connectivity index (χ2n) is 3.09. The number of ether oxygens (including phenoxy) is 2. The Balaban J connectivity index is 2.40. The van der Waals surface area contributed by atoms with E-state index in [0.29, 0.717) is 13.2 Å². The van der Waals surface area contributed by atoms with Crippen LogP contribution >= 0.6 is 0 Å². The Kier molecular flexibility index (Phi) is 4.97. The van der Waals surface area contributed by atoms with Gasteiger partial charge in [0.1, 0.15) is 11.9 Å². The SMILES string of the molecule is COCCOCC(O)c1ccc(C(=O)O)o1. The molecule has 1 rings (SSSR count). The Morgan fingerprint density at radius 1 is 1.50 bits per heavy atom. The zero-order valence-electron chi connectivity index (χ0n) is 8.88. The van der Waals surface area contributed by atoms with Gasteiger partial charge in [0, 0.05) is 7.11 Å². The molecule has 0 fully saturated rings. The van der Waals surface area contributed by atoms with E-state index in [0.717, 1.165) is 0 Å². The number of furan rings is 1. The molecule has 1 heterocycles. The van der Waals surface area contributed by atoms with Crippen LogP contribution in [0.2, 0.25) is 0 Å².